The predicted octanol–water partition coefficient (Wildman–Crippen LogP) is 0.917. The Kier molecular flexibility index (Phi) is 5.34. The summed E-state index contributed by atoms with van der Waals surface area (Å²) in [6, 6.07) is 0. The van der Waals surface area contributed by atoms with Gasteiger partial charge in [-0.05, 0) is 26.2 Å². The molecule has 0 radical (unpaired) electrons. The Labute approximate surface area is 120 Å². The number of nitrogens with zero attached hydrogens (tertiary/aromatic N) is 5. The molecule has 112 valence electrons. The van der Waals surface area contributed by atoms with Gasteiger partial charge in [0.05, 0.1) is 6.61 Å². The standard InChI is InChI=1S/C13H24N6O/c1-3-20-10-9-18(2)12-15-11(14)16-13(17-12)19-7-5-4-6-8-19/h3-10H2,1-2H3,(H2,14,15,16,17). The van der Waals surface area contributed by atoms with Gasteiger partial charge in [-0.15, -0.1) is 0 Å². The molecule has 0 atom stereocenters. The van der Waals surface area contributed by atoms with E-state index in [4.69, 9.17) is 10.5 Å². The highest BCUT2D eigenvalue weighted by Crippen LogP contribution is 2.18. The monoisotopic (exact) mass is 280 g/mol. The van der Waals surface area contributed by atoms with E-state index >= 15 is 0 Å². The van der Waals surface area contributed by atoms with Crippen molar-refractivity contribution in [2.24, 2.45) is 0 Å². The summed E-state index contributed by atoms with van der Waals surface area (Å²) in [5.41, 5.74) is 5.81. The molecule has 0 amide bonds. The average Bonchev–Trinajstić information content (AvgIpc) is 2.47. The number of ether oxygens (including phenoxy) is 1. The first kappa shape index (κ1) is 14.8. The zero-order chi connectivity index (χ0) is 14.4. The highest BCUT2D eigenvalue weighted by atomic mass is 16.5. The van der Waals surface area contributed by atoms with Gasteiger partial charge in [-0.3, -0.25) is 0 Å². The predicted molar refractivity (Wildman–Crippen MR) is 80.1 cm³/mol. The third-order valence-corrected chi connectivity index (χ3v) is 3.38. The van der Waals surface area contributed by atoms with E-state index in [0.29, 0.717) is 25.1 Å². The molecule has 20 heavy (non-hydrogen) atoms. The Balaban J connectivity index is 2.07. The van der Waals surface area contributed by atoms with Crippen molar-refractivity contribution in [3.63, 3.8) is 0 Å². The van der Waals surface area contributed by atoms with Crippen LogP contribution in [0, 0.1) is 0 Å². The van der Waals surface area contributed by atoms with Crippen LogP contribution in [0.2, 0.25) is 0 Å². The number of anilines is 3. The molecule has 7 heteroatoms. The molecule has 2 heterocycles. The zero-order valence-electron chi connectivity index (χ0n) is 12.4. The lowest BCUT2D eigenvalue weighted by Gasteiger charge is -2.27. The molecule has 1 saturated heterocycles. The van der Waals surface area contributed by atoms with Crippen molar-refractivity contribution in [1.29, 1.82) is 0 Å². The van der Waals surface area contributed by atoms with Gasteiger partial charge in [0, 0.05) is 33.3 Å². The van der Waals surface area contributed by atoms with Crippen LogP contribution >= 0.6 is 0 Å². The van der Waals surface area contributed by atoms with E-state index in [9.17, 15) is 0 Å². The first-order valence-corrected chi connectivity index (χ1v) is 7.26. The quantitative estimate of drug-likeness (QED) is 0.776. The molecular formula is C13H24N6O. The van der Waals surface area contributed by atoms with Gasteiger partial charge >= 0.3 is 0 Å². The number of hydrogen-bond acceptors (Lipinski definition) is 7. The van der Waals surface area contributed by atoms with Gasteiger partial charge in [-0.2, -0.15) is 15.0 Å². The van der Waals surface area contributed by atoms with Gasteiger partial charge in [0.25, 0.3) is 0 Å². The number of nitrogens with two attached hydrogens (primary N) is 1. The maximum atomic E-state index is 5.81. The van der Waals surface area contributed by atoms with Gasteiger partial charge in [-0.25, -0.2) is 0 Å². The topological polar surface area (TPSA) is 80.4 Å². The molecule has 0 aliphatic carbocycles. The minimum atomic E-state index is 0.277. The molecule has 1 aromatic rings. The van der Waals surface area contributed by atoms with E-state index in [0.717, 1.165) is 19.6 Å². The number of piperidine rings is 1. The van der Waals surface area contributed by atoms with Gasteiger partial charge in [-0.1, -0.05) is 0 Å². The molecule has 0 aromatic carbocycles. The number of likely N-dealkylation sites (N-methyl/N-ethyl adjacent to an activating group) is 1. The van der Waals surface area contributed by atoms with Crippen molar-refractivity contribution >= 4 is 17.8 Å². The molecule has 1 aliphatic rings. The zero-order valence-corrected chi connectivity index (χ0v) is 12.4. The van der Waals surface area contributed by atoms with Crippen LogP contribution in [0.1, 0.15) is 26.2 Å². The Morgan fingerprint density at radius 3 is 2.65 bits per heavy atom. The second-order valence-corrected chi connectivity index (χ2v) is 4.96. The number of rotatable bonds is 6. The Hall–Kier alpha value is -1.63. The third-order valence-electron chi connectivity index (χ3n) is 3.38. The van der Waals surface area contributed by atoms with Crippen LogP contribution in [0.25, 0.3) is 0 Å². The smallest absolute Gasteiger partial charge is 0.231 e. The molecule has 0 saturated carbocycles. The molecule has 2 rings (SSSR count). The van der Waals surface area contributed by atoms with Crippen molar-refractivity contribution in [1.82, 2.24) is 15.0 Å². The van der Waals surface area contributed by atoms with Crippen LogP contribution in [0.5, 0.6) is 0 Å². The lowest BCUT2D eigenvalue weighted by atomic mass is 10.1. The first-order chi connectivity index (χ1) is 9.70. The van der Waals surface area contributed by atoms with E-state index in [1.165, 1.54) is 19.3 Å². The highest BCUT2D eigenvalue weighted by Gasteiger charge is 2.16. The van der Waals surface area contributed by atoms with Gasteiger partial charge in [0.1, 0.15) is 0 Å². The average molecular weight is 280 g/mol. The summed E-state index contributed by atoms with van der Waals surface area (Å²) in [5, 5.41) is 0. The lowest BCUT2D eigenvalue weighted by molar-refractivity contribution is 0.154. The number of nitrogen functional groups attached to an aromatic ring is 1. The van der Waals surface area contributed by atoms with Crippen LogP contribution < -0.4 is 15.5 Å². The van der Waals surface area contributed by atoms with Crippen molar-refractivity contribution in [3.05, 3.63) is 0 Å². The van der Waals surface area contributed by atoms with E-state index in [1.807, 2.05) is 18.9 Å². The van der Waals surface area contributed by atoms with Gasteiger partial charge < -0.3 is 20.3 Å². The summed E-state index contributed by atoms with van der Waals surface area (Å²) in [6.45, 7) is 6.06. The van der Waals surface area contributed by atoms with Gasteiger partial charge in [0.2, 0.25) is 17.8 Å². The summed E-state index contributed by atoms with van der Waals surface area (Å²) in [6.07, 6.45) is 3.64. The third kappa shape index (κ3) is 3.93. The Morgan fingerprint density at radius 2 is 1.95 bits per heavy atom. The van der Waals surface area contributed by atoms with Crippen molar-refractivity contribution in [2.75, 3.05) is 55.4 Å². The van der Waals surface area contributed by atoms with Crippen molar-refractivity contribution in [3.8, 4) is 0 Å². The SMILES string of the molecule is CCOCCN(C)c1nc(N)nc(N2CCCCC2)n1. The number of aromatic nitrogens is 3. The minimum absolute atomic E-state index is 0.277. The van der Waals surface area contributed by atoms with Crippen molar-refractivity contribution in [2.45, 2.75) is 26.2 Å². The van der Waals surface area contributed by atoms with Crippen LogP contribution in [-0.4, -0.2) is 54.8 Å². The number of hydrogen-bond donors (Lipinski definition) is 1. The maximum absolute atomic E-state index is 5.81. The minimum Gasteiger partial charge on any atom is -0.380 e. The van der Waals surface area contributed by atoms with Crippen LogP contribution in [0.15, 0.2) is 0 Å². The summed E-state index contributed by atoms with van der Waals surface area (Å²) in [4.78, 5) is 17.1. The van der Waals surface area contributed by atoms with Crippen molar-refractivity contribution < 1.29 is 4.74 Å². The molecule has 0 spiro atoms. The summed E-state index contributed by atoms with van der Waals surface area (Å²) in [7, 11) is 1.94. The highest BCUT2D eigenvalue weighted by molar-refractivity contribution is 5.43. The largest absolute Gasteiger partial charge is 0.380 e. The first-order valence-electron chi connectivity index (χ1n) is 7.26. The Morgan fingerprint density at radius 1 is 1.20 bits per heavy atom. The normalized spacial score (nSPS) is 15.4. The fourth-order valence-corrected chi connectivity index (χ4v) is 2.22. The lowest BCUT2D eigenvalue weighted by Crippen LogP contribution is -2.32. The molecule has 0 unspecified atom stereocenters. The molecule has 2 N–H and O–H groups in total. The van der Waals surface area contributed by atoms with Crippen LogP contribution in [-0.2, 0) is 4.74 Å². The Bertz CT molecular complexity index is 421. The summed E-state index contributed by atoms with van der Waals surface area (Å²) in [5.74, 6) is 1.58. The summed E-state index contributed by atoms with van der Waals surface area (Å²) >= 11 is 0. The molecule has 7 nitrogen and oxygen atoms in total. The van der Waals surface area contributed by atoms with E-state index < -0.39 is 0 Å². The van der Waals surface area contributed by atoms with Gasteiger partial charge in [0.15, 0.2) is 0 Å². The molecule has 1 fully saturated rings. The molecular weight excluding hydrogens is 256 g/mol. The fraction of sp³-hybridized carbons (Fsp3) is 0.769. The second kappa shape index (κ2) is 7.23. The maximum Gasteiger partial charge on any atom is 0.231 e. The fourth-order valence-electron chi connectivity index (χ4n) is 2.22. The summed E-state index contributed by atoms with van der Waals surface area (Å²) < 4.78 is 5.35. The molecule has 0 bridgehead atoms. The molecule has 1 aromatic heterocycles. The van der Waals surface area contributed by atoms with Crippen LogP contribution in [0.4, 0.5) is 17.8 Å². The second-order valence-electron chi connectivity index (χ2n) is 4.96. The van der Waals surface area contributed by atoms with Crippen LogP contribution in [0.3, 0.4) is 0 Å². The molecule has 1 aliphatic heterocycles. The van der Waals surface area contributed by atoms with E-state index in [-0.39, 0.29) is 5.95 Å². The van der Waals surface area contributed by atoms with E-state index in [2.05, 4.69) is 19.9 Å². The van der Waals surface area contributed by atoms with E-state index in [1.54, 1.807) is 0 Å².